The summed E-state index contributed by atoms with van der Waals surface area (Å²) in [6.45, 7) is 5.93. The Kier molecular flexibility index (Phi) is 4.33. The minimum atomic E-state index is -0.491. The highest BCUT2D eigenvalue weighted by Gasteiger charge is 2.26. The van der Waals surface area contributed by atoms with Crippen molar-refractivity contribution >= 4 is 23.5 Å². The van der Waals surface area contributed by atoms with Gasteiger partial charge in [-0.3, -0.25) is 0 Å². The quantitative estimate of drug-likeness (QED) is 0.895. The normalized spacial score (nSPS) is 26.8. The van der Waals surface area contributed by atoms with E-state index in [9.17, 15) is 5.11 Å². The lowest BCUT2D eigenvalue weighted by Crippen LogP contribution is -2.19. The lowest BCUT2D eigenvalue weighted by molar-refractivity contribution is 0.197. The number of aliphatic hydroxyl groups excluding tert-OH is 1. The summed E-state index contributed by atoms with van der Waals surface area (Å²) in [5, 5.41) is 10.5. The minimum Gasteiger partial charge on any atom is -0.389 e. The molecule has 0 aromatic carbocycles. The van der Waals surface area contributed by atoms with E-state index in [4.69, 9.17) is 0 Å². The maximum atomic E-state index is 9.57. The van der Waals surface area contributed by atoms with Crippen molar-refractivity contribution in [3.05, 3.63) is 23.3 Å². The van der Waals surface area contributed by atoms with Crippen molar-refractivity contribution in [2.24, 2.45) is 0 Å². The fraction of sp³-hybridized carbons (Fsp3) is 0.667. The topological polar surface area (TPSA) is 46.0 Å². The van der Waals surface area contributed by atoms with E-state index in [2.05, 4.69) is 16.9 Å². The van der Waals surface area contributed by atoms with Gasteiger partial charge in [0.15, 0.2) is 0 Å². The zero-order valence-electron chi connectivity index (χ0n) is 10.4. The monoisotopic (exact) mass is 270 g/mol. The van der Waals surface area contributed by atoms with Crippen LogP contribution in [-0.4, -0.2) is 31.8 Å². The van der Waals surface area contributed by atoms with Gasteiger partial charge < -0.3 is 5.11 Å². The molecule has 1 aliphatic rings. The molecule has 1 fully saturated rings. The third-order valence-corrected chi connectivity index (χ3v) is 6.01. The summed E-state index contributed by atoms with van der Waals surface area (Å²) in [4.78, 5) is 8.99. The molecule has 0 saturated carbocycles. The van der Waals surface area contributed by atoms with Crippen LogP contribution >= 0.6 is 23.5 Å². The highest BCUT2D eigenvalue weighted by Crippen LogP contribution is 2.41. The number of hydrogen-bond donors (Lipinski definition) is 1. The first-order chi connectivity index (χ1) is 8.09. The molecule has 1 aliphatic heterocycles. The van der Waals surface area contributed by atoms with Gasteiger partial charge in [0.05, 0.1) is 11.4 Å². The number of aromatic nitrogens is 2. The van der Waals surface area contributed by atoms with Crippen molar-refractivity contribution < 1.29 is 5.11 Å². The van der Waals surface area contributed by atoms with Gasteiger partial charge in [0.2, 0.25) is 0 Å². The van der Waals surface area contributed by atoms with Crippen LogP contribution in [0.15, 0.2) is 6.20 Å². The van der Waals surface area contributed by atoms with Crippen LogP contribution in [0.2, 0.25) is 0 Å². The van der Waals surface area contributed by atoms with Crippen LogP contribution in [0.25, 0.3) is 0 Å². The maximum absolute atomic E-state index is 9.57. The third-order valence-electron chi connectivity index (χ3n) is 2.93. The molecule has 2 heterocycles. The first-order valence-corrected chi connectivity index (χ1v) is 7.94. The fourth-order valence-electron chi connectivity index (χ4n) is 1.96. The van der Waals surface area contributed by atoms with Crippen LogP contribution in [0.1, 0.15) is 42.3 Å². The van der Waals surface area contributed by atoms with E-state index < -0.39 is 6.10 Å². The number of aliphatic hydroxyl groups is 1. The van der Waals surface area contributed by atoms with Crippen LogP contribution in [0, 0.1) is 6.92 Å². The van der Waals surface area contributed by atoms with Gasteiger partial charge in [0, 0.05) is 34.2 Å². The zero-order valence-corrected chi connectivity index (χ0v) is 12.0. The number of hydrogen-bond acceptors (Lipinski definition) is 5. The standard InChI is InChI=1S/C12H18N2OS2/c1-7-10(8(2)15)6-13-12(14-7)11-9(3)16-4-5-17-11/h6,8-9,11,15H,4-5H2,1-3H3/t8-,9?,11?/m0/s1. The molecule has 1 saturated heterocycles. The Labute approximate surface area is 111 Å². The van der Waals surface area contributed by atoms with Gasteiger partial charge in [-0.05, 0) is 13.8 Å². The molecule has 0 spiro atoms. The fourth-order valence-corrected chi connectivity index (χ4v) is 4.66. The number of rotatable bonds is 2. The molecular formula is C12H18N2OS2. The van der Waals surface area contributed by atoms with Crippen molar-refractivity contribution in [3.63, 3.8) is 0 Å². The van der Waals surface area contributed by atoms with E-state index >= 15 is 0 Å². The number of aryl methyl sites for hydroxylation is 1. The Morgan fingerprint density at radius 3 is 2.71 bits per heavy atom. The van der Waals surface area contributed by atoms with Gasteiger partial charge in [0.1, 0.15) is 5.82 Å². The smallest absolute Gasteiger partial charge is 0.142 e. The van der Waals surface area contributed by atoms with Crippen molar-refractivity contribution in [1.29, 1.82) is 0 Å². The molecule has 2 unspecified atom stereocenters. The molecule has 3 atom stereocenters. The molecule has 0 amide bonds. The average molecular weight is 270 g/mol. The van der Waals surface area contributed by atoms with Crippen LogP contribution in [0.3, 0.4) is 0 Å². The van der Waals surface area contributed by atoms with Crippen molar-refractivity contribution in [3.8, 4) is 0 Å². The lowest BCUT2D eigenvalue weighted by atomic mass is 10.1. The molecule has 0 aliphatic carbocycles. The average Bonchev–Trinajstić information content (AvgIpc) is 2.29. The zero-order chi connectivity index (χ0) is 12.4. The molecule has 1 N–H and O–H groups in total. The second-order valence-corrected chi connectivity index (χ2v) is 7.05. The maximum Gasteiger partial charge on any atom is 0.142 e. The summed E-state index contributed by atoms with van der Waals surface area (Å²) < 4.78 is 0. The van der Waals surface area contributed by atoms with E-state index in [0.717, 1.165) is 17.1 Å². The molecule has 0 bridgehead atoms. The molecular weight excluding hydrogens is 252 g/mol. The first-order valence-electron chi connectivity index (χ1n) is 5.84. The highest BCUT2D eigenvalue weighted by atomic mass is 32.2. The summed E-state index contributed by atoms with van der Waals surface area (Å²) in [5.74, 6) is 3.30. The number of thioether (sulfide) groups is 2. The van der Waals surface area contributed by atoms with Crippen LogP contribution in [0.5, 0.6) is 0 Å². The van der Waals surface area contributed by atoms with Gasteiger partial charge in [0.25, 0.3) is 0 Å². The summed E-state index contributed by atoms with van der Waals surface area (Å²) in [6.07, 6.45) is 1.28. The predicted molar refractivity (Wildman–Crippen MR) is 74.5 cm³/mol. The van der Waals surface area contributed by atoms with E-state index in [-0.39, 0.29) is 0 Å². The van der Waals surface area contributed by atoms with Crippen LogP contribution in [-0.2, 0) is 0 Å². The minimum absolute atomic E-state index is 0.385. The Morgan fingerprint density at radius 2 is 2.12 bits per heavy atom. The van der Waals surface area contributed by atoms with E-state index in [1.165, 1.54) is 11.5 Å². The molecule has 17 heavy (non-hydrogen) atoms. The summed E-state index contributed by atoms with van der Waals surface area (Å²) in [7, 11) is 0. The highest BCUT2D eigenvalue weighted by molar-refractivity contribution is 8.06. The molecule has 1 aromatic heterocycles. The second-order valence-electron chi connectivity index (χ2n) is 4.31. The Morgan fingerprint density at radius 1 is 1.41 bits per heavy atom. The Hall–Kier alpha value is -0.260. The van der Waals surface area contributed by atoms with Crippen molar-refractivity contribution in [2.75, 3.05) is 11.5 Å². The molecule has 3 nitrogen and oxygen atoms in total. The first kappa shape index (κ1) is 13.2. The van der Waals surface area contributed by atoms with Crippen LogP contribution in [0.4, 0.5) is 0 Å². The Balaban J connectivity index is 2.24. The molecule has 5 heteroatoms. The number of nitrogens with zero attached hydrogens (tertiary/aromatic N) is 2. The second kappa shape index (κ2) is 5.59. The van der Waals surface area contributed by atoms with Crippen LogP contribution < -0.4 is 0 Å². The molecule has 2 rings (SSSR count). The largest absolute Gasteiger partial charge is 0.389 e. The van der Waals surface area contributed by atoms with Gasteiger partial charge in [-0.2, -0.15) is 11.8 Å². The summed E-state index contributed by atoms with van der Waals surface area (Å²) in [6, 6.07) is 0. The van der Waals surface area contributed by atoms with Gasteiger partial charge >= 0.3 is 0 Å². The van der Waals surface area contributed by atoms with Crippen molar-refractivity contribution in [2.45, 2.75) is 37.4 Å². The lowest BCUT2D eigenvalue weighted by Gasteiger charge is -2.27. The van der Waals surface area contributed by atoms with Gasteiger partial charge in [-0.1, -0.05) is 6.92 Å². The Bertz CT molecular complexity index is 398. The van der Waals surface area contributed by atoms with E-state index in [0.29, 0.717) is 10.5 Å². The third kappa shape index (κ3) is 2.95. The van der Waals surface area contributed by atoms with E-state index in [1.54, 1.807) is 13.1 Å². The molecule has 0 radical (unpaired) electrons. The SMILES string of the molecule is Cc1nc(C2SCCSC2C)ncc1[C@H](C)O. The predicted octanol–water partition coefficient (Wildman–Crippen LogP) is 2.75. The van der Waals surface area contributed by atoms with Gasteiger partial charge in [-0.25, -0.2) is 9.97 Å². The molecule has 1 aromatic rings. The summed E-state index contributed by atoms with van der Waals surface area (Å²) >= 11 is 3.93. The van der Waals surface area contributed by atoms with Gasteiger partial charge in [-0.15, -0.1) is 11.8 Å². The summed E-state index contributed by atoms with van der Waals surface area (Å²) in [5.41, 5.74) is 1.73. The van der Waals surface area contributed by atoms with Crippen molar-refractivity contribution in [1.82, 2.24) is 9.97 Å². The molecule has 94 valence electrons. The van der Waals surface area contributed by atoms with E-state index in [1.807, 2.05) is 30.4 Å².